The number of ether oxygens (including phenoxy) is 1. The van der Waals surface area contributed by atoms with Gasteiger partial charge in [-0.05, 0) is 54.8 Å². The van der Waals surface area contributed by atoms with Gasteiger partial charge in [0, 0.05) is 11.1 Å². The minimum absolute atomic E-state index is 0.238. The first-order valence-electron chi connectivity index (χ1n) is 12.9. The summed E-state index contributed by atoms with van der Waals surface area (Å²) in [6.45, 7) is 4.25. The minimum atomic E-state index is -0.335. The summed E-state index contributed by atoms with van der Waals surface area (Å²) in [5.74, 6) is 0.318. The van der Waals surface area contributed by atoms with Gasteiger partial charge in [-0.3, -0.25) is 4.79 Å². The highest BCUT2D eigenvalue weighted by Gasteiger charge is 2.21. The van der Waals surface area contributed by atoms with Crippen LogP contribution in [-0.2, 0) is 6.61 Å². The van der Waals surface area contributed by atoms with Crippen molar-refractivity contribution in [2.45, 2.75) is 26.5 Å². The molecule has 5 aromatic rings. The molecule has 0 aliphatic rings. The van der Waals surface area contributed by atoms with Gasteiger partial charge >= 0.3 is 0 Å². The van der Waals surface area contributed by atoms with Gasteiger partial charge in [0.1, 0.15) is 18.2 Å². The van der Waals surface area contributed by atoms with Gasteiger partial charge in [0.25, 0.3) is 5.56 Å². The van der Waals surface area contributed by atoms with Crippen LogP contribution in [0.5, 0.6) is 5.75 Å². The molecule has 1 atom stereocenters. The molecule has 0 bridgehead atoms. The number of nitrogens with zero attached hydrogens (tertiary/aromatic N) is 2. The van der Waals surface area contributed by atoms with Crippen LogP contribution in [0.2, 0.25) is 0 Å². The first-order chi connectivity index (χ1) is 19.0. The Labute approximate surface area is 227 Å². The molecule has 0 amide bonds. The lowest BCUT2D eigenvalue weighted by atomic mass is 9.97. The first kappa shape index (κ1) is 25.9. The monoisotopic (exact) mass is 516 g/mol. The van der Waals surface area contributed by atoms with Gasteiger partial charge < -0.3 is 4.74 Å². The highest BCUT2D eigenvalue weighted by atomic mass is 19.1. The highest BCUT2D eigenvalue weighted by molar-refractivity contribution is 5.84. The average molecular weight is 517 g/mol. The van der Waals surface area contributed by atoms with Crippen molar-refractivity contribution in [3.8, 4) is 16.9 Å². The van der Waals surface area contributed by atoms with Crippen LogP contribution >= 0.6 is 0 Å². The topological polar surface area (TPSA) is 44.1 Å². The maximum absolute atomic E-state index is 14.0. The van der Waals surface area contributed by atoms with Crippen LogP contribution < -0.4 is 10.3 Å². The molecule has 0 saturated heterocycles. The lowest BCUT2D eigenvalue weighted by Crippen LogP contribution is -2.30. The Kier molecular flexibility index (Phi) is 7.78. The van der Waals surface area contributed by atoms with Crippen molar-refractivity contribution in [1.82, 2.24) is 9.78 Å². The molecule has 39 heavy (non-hydrogen) atoms. The van der Waals surface area contributed by atoms with Gasteiger partial charge in [-0.15, -0.1) is 0 Å². The molecule has 0 saturated carbocycles. The molecule has 5 rings (SSSR count). The third-order valence-electron chi connectivity index (χ3n) is 6.66. The zero-order chi connectivity index (χ0) is 27.2. The van der Waals surface area contributed by atoms with Crippen LogP contribution in [0.25, 0.3) is 23.3 Å². The Morgan fingerprint density at radius 3 is 2.31 bits per heavy atom. The maximum Gasteiger partial charge on any atom is 0.275 e. The van der Waals surface area contributed by atoms with Crippen LogP contribution in [0.3, 0.4) is 0 Å². The van der Waals surface area contributed by atoms with Crippen LogP contribution in [0, 0.1) is 12.7 Å². The zero-order valence-electron chi connectivity index (χ0n) is 21.9. The number of para-hydroxylation sites is 1. The van der Waals surface area contributed by atoms with E-state index in [0.717, 1.165) is 16.7 Å². The number of hydrogen-bond donors (Lipinski definition) is 0. The number of rotatable bonds is 8. The lowest BCUT2D eigenvalue weighted by molar-refractivity contribution is 0.307. The van der Waals surface area contributed by atoms with Crippen molar-refractivity contribution in [3.63, 3.8) is 0 Å². The molecule has 1 unspecified atom stereocenters. The van der Waals surface area contributed by atoms with E-state index >= 15 is 0 Å². The van der Waals surface area contributed by atoms with E-state index < -0.39 is 0 Å². The van der Waals surface area contributed by atoms with E-state index in [2.05, 4.69) is 0 Å². The Balaban J connectivity index is 1.65. The summed E-state index contributed by atoms with van der Waals surface area (Å²) < 4.78 is 21.7. The van der Waals surface area contributed by atoms with E-state index in [-0.39, 0.29) is 17.4 Å². The smallest absolute Gasteiger partial charge is 0.275 e. The SMILES string of the molecule is Cc1nn(C(C)c2ccccc2)c(=O)c(C=Cc2cccc(F)c2)c1-c1ccccc1OCc1ccccc1. The standard InChI is InChI=1S/C34H29FN2O2/c1-24-33(30-18-9-10-19-32(30)39-23-27-12-5-3-6-13-27)31(21-20-26-14-11-17-29(35)22-26)34(38)37(36-24)25(2)28-15-7-4-8-16-28/h3-22,25H,23H2,1-2H3. The van der Waals surface area contributed by atoms with Crippen LogP contribution in [0.15, 0.2) is 114 Å². The van der Waals surface area contributed by atoms with Gasteiger partial charge in [0.05, 0.1) is 17.3 Å². The number of benzene rings is 4. The third kappa shape index (κ3) is 5.88. The van der Waals surface area contributed by atoms with Crippen molar-refractivity contribution in [3.05, 3.63) is 153 Å². The molecular formula is C34H29FN2O2. The predicted molar refractivity (Wildman–Crippen MR) is 155 cm³/mol. The highest BCUT2D eigenvalue weighted by Crippen LogP contribution is 2.35. The van der Waals surface area contributed by atoms with E-state index in [9.17, 15) is 9.18 Å². The minimum Gasteiger partial charge on any atom is -0.488 e. The van der Waals surface area contributed by atoms with E-state index in [4.69, 9.17) is 9.84 Å². The van der Waals surface area contributed by atoms with Crippen molar-refractivity contribution in [1.29, 1.82) is 0 Å². The largest absolute Gasteiger partial charge is 0.488 e. The normalized spacial score (nSPS) is 12.0. The Morgan fingerprint density at radius 2 is 1.56 bits per heavy atom. The number of halogens is 1. The fourth-order valence-corrected chi connectivity index (χ4v) is 4.64. The van der Waals surface area contributed by atoms with Crippen LogP contribution in [0.1, 0.15) is 40.9 Å². The summed E-state index contributed by atoms with van der Waals surface area (Å²) in [7, 11) is 0. The second-order valence-electron chi connectivity index (χ2n) is 9.37. The molecule has 0 aliphatic carbocycles. The van der Waals surface area contributed by atoms with Crippen LogP contribution in [0.4, 0.5) is 4.39 Å². The first-order valence-corrected chi connectivity index (χ1v) is 12.9. The molecule has 4 nitrogen and oxygen atoms in total. The van der Waals surface area contributed by atoms with Gasteiger partial charge in [0.2, 0.25) is 0 Å². The summed E-state index contributed by atoms with van der Waals surface area (Å²) >= 11 is 0. The maximum atomic E-state index is 14.0. The van der Waals surface area contributed by atoms with Crippen molar-refractivity contribution in [2.24, 2.45) is 0 Å². The Hall–Kier alpha value is -4.77. The van der Waals surface area contributed by atoms with Gasteiger partial charge in [0.15, 0.2) is 0 Å². The van der Waals surface area contributed by atoms with Crippen LogP contribution in [-0.4, -0.2) is 9.78 Å². The number of aromatic nitrogens is 2. The fourth-order valence-electron chi connectivity index (χ4n) is 4.64. The third-order valence-corrected chi connectivity index (χ3v) is 6.66. The van der Waals surface area contributed by atoms with Gasteiger partial charge in [-0.25, -0.2) is 9.07 Å². The molecule has 5 heteroatoms. The summed E-state index contributed by atoms with van der Waals surface area (Å²) in [4.78, 5) is 14.0. The molecule has 4 aromatic carbocycles. The van der Waals surface area contributed by atoms with E-state index in [0.29, 0.717) is 34.7 Å². The summed E-state index contributed by atoms with van der Waals surface area (Å²) in [5.41, 5.74) is 5.05. The fraction of sp³-hybridized carbons (Fsp3) is 0.118. The summed E-state index contributed by atoms with van der Waals surface area (Å²) in [5, 5.41) is 4.77. The molecule has 0 N–H and O–H groups in total. The van der Waals surface area contributed by atoms with Crippen molar-refractivity contribution < 1.29 is 9.13 Å². The van der Waals surface area contributed by atoms with Gasteiger partial charge in [-0.1, -0.05) is 97.1 Å². The molecule has 194 valence electrons. The molecule has 1 aromatic heterocycles. The van der Waals surface area contributed by atoms with E-state index in [1.54, 1.807) is 24.3 Å². The summed E-state index contributed by atoms with van der Waals surface area (Å²) in [6, 6.07) is 33.4. The average Bonchev–Trinajstić information content (AvgIpc) is 2.97. The second kappa shape index (κ2) is 11.7. The van der Waals surface area contributed by atoms with E-state index in [1.807, 2.05) is 98.8 Å². The Morgan fingerprint density at radius 1 is 0.872 bits per heavy atom. The molecular weight excluding hydrogens is 487 g/mol. The number of aryl methyl sites for hydroxylation is 1. The molecule has 1 heterocycles. The second-order valence-corrected chi connectivity index (χ2v) is 9.37. The van der Waals surface area contributed by atoms with Crippen molar-refractivity contribution >= 4 is 12.2 Å². The lowest BCUT2D eigenvalue weighted by Gasteiger charge is -2.20. The predicted octanol–water partition coefficient (Wildman–Crippen LogP) is 7.72. The van der Waals surface area contributed by atoms with Crippen molar-refractivity contribution in [2.75, 3.05) is 0 Å². The zero-order valence-corrected chi connectivity index (χ0v) is 21.9. The van der Waals surface area contributed by atoms with Gasteiger partial charge in [-0.2, -0.15) is 5.10 Å². The molecule has 0 fully saturated rings. The summed E-state index contributed by atoms with van der Waals surface area (Å²) in [6.07, 6.45) is 3.51. The van der Waals surface area contributed by atoms with E-state index in [1.165, 1.54) is 16.8 Å². The molecule has 0 spiro atoms. The quantitative estimate of drug-likeness (QED) is 0.212. The Bertz CT molecular complexity index is 1660. The number of hydrogen-bond acceptors (Lipinski definition) is 3. The molecule has 0 radical (unpaired) electrons. The molecule has 0 aliphatic heterocycles.